The standard InChI is InChI=1S/C8H8Br2/c9-7-5-3-1-2-4-6(5)8(7)10/h1-8H/t5-,6-,7-,8+/m0/s1. The number of alkyl halides is 2. The highest BCUT2D eigenvalue weighted by Gasteiger charge is 2.45. The Morgan fingerprint density at radius 1 is 0.800 bits per heavy atom. The van der Waals surface area contributed by atoms with Crippen LogP contribution in [0.5, 0.6) is 0 Å². The predicted octanol–water partition coefficient (Wildman–Crippen LogP) is 2.89. The fraction of sp³-hybridized carbons (Fsp3) is 0.500. The van der Waals surface area contributed by atoms with Crippen molar-refractivity contribution in [2.45, 2.75) is 9.65 Å². The topological polar surface area (TPSA) is 0 Å². The Morgan fingerprint density at radius 3 is 1.60 bits per heavy atom. The van der Waals surface area contributed by atoms with Crippen molar-refractivity contribution in [3.63, 3.8) is 0 Å². The average molecular weight is 264 g/mol. The highest BCUT2D eigenvalue weighted by molar-refractivity contribution is 9.12. The van der Waals surface area contributed by atoms with Crippen molar-refractivity contribution >= 4 is 31.9 Å². The van der Waals surface area contributed by atoms with E-state index in [1.807, 2.05) is 0 Å². The molecule has 2 heteroatoms. The molecule has 0 amide bonds. The van der Waals surface area contributed by atoms with E-state index < -0.39 is 0 Å². The highest BCUT2D eigenvalue weighted by atomic mass is 79.9. The number of hydrogen-bond acceptors (Lipinski definition) is 0. The molecule has 2 aliphatic rings. The molecule has 0 aromatic carbocycles. The van der Waals surface area contributed by atoms with E-state index in [2.05, 4.69) is 56.2 Å². The highest BCUT2D eigenvalue weighted by Crippen LogP contribution is 2.47. The molecule has 0 N–H and O–H groups in total. The fourth-order valence-corrected chi connectivity index (χ4v) is 3.32. The van der Waals surface area contributed by atoms with Crippen LogP contribution in [0.2, 0.25) is 0 Å². The molecule has 0 spiro atoms. The summed E-state index contributed by atoms with van der Waals surface area (Å²) in [5.74, 6) is 1.46. The molecule has 0 radical (unpaired) electrons. The van der Waals surface area contributed by atoms with Gasteiger partial charge >= 0.3 is 0 Å². The maximum Gasteiger partial charge on any atom is 0.0345 e. The molecule has 0 aromatic rings. The van der Waals surface area contributed by atoms with Gasteiger partial charge in [0.1, 0.15) is 0 Å². The second kappa shape index (κ2) is 2.49. The number of allylic oxidation sites excluding steroid dienone is 4. The van der Waals surface area contributed by atoms with Crippen molar-refractivity contribution in [1.82, 2.24) is 0 Å². The van der Waals surface area contributed by atoms with Crippen molar-refractivity contribution in [3.05, 3.63) is 24.3 Å². The molecule has 0 bridgehead atoms. The van der Waals surface area contributed by atoms with Gasteiger partial charge in [-0.2, -0.15) is 0 Å². The molecule has 1 fully saturated rings. The van der Waals surface area contributed by atoms with E-state index in [1.54, 1.807) is 0 Å². The smallest absolute Gasteiger partial charge is 0.0345 e. The monoisotopic (exact) mass is 262 g/mol. The second-order valence-corrected chi connectivity index (χ2v) is 4.93. The molecule has 4 atom stereocenters. The Labute approximate surface area is 77.6 Å². The van der Waals surface area contributed by atoms with Crippen molar-refractivity contribution in [3.8, 4) is 0 Å². The first kappa shape index (κ1) is 7.11. The first-order chi connectivity index (χ1) is 4.80. The summed E-state index contributed by atoms with van der Waals surface area (Å²) < 4.78 is 0. The van der Waals surface area contributed by atoms with Gasteiger partial charge in [0, 0.05) is 9.65 Å². The van der Waals surface area contributed by atoms with Crippen LogP contribution in [0.15, 0.2) is 24.3 Å². The lowest BCUT2D eigenvalue weighted by molar-refractivity contribution is 0.323. The third-order valence-electron chi connectivity index (χ3n) is 2.26. The normalized spacial score (nSPS) is 50.2. The van der Waals surface area contributed by atoms with E-state index >= 15 is 0 Å². The van der Waals surface area contributed by atoms with E-state index in [4.69, 9.17) is 0 Å². The summed E-state index contributed by atoms with van der Waals surface area (Å²) in [4.78, 5) is 1.28. The van der Waals surface area contributed by atoms with Crippen LogP contribution in [0.25, 0.3) is 0 Å². The van der Waals surface area contributed by atoms with Crippen LogP contribution >= 0.6 is 31.9 Å². The molecule has 54 valence electrons. The van der Waals surface area contributed by atoms with Gasteiger partial charge < -0.3 is 0 Å². The van der Waals surface area contributed by atoms with Crippen LogP contribution in [-0.2, 0) is 0 Å². The van der Waals surface area contributed by atoms with Crippen molar-refractivity contribution in [2.75, 3.05) is 0 Å². The molecular formula is C8H8Br2. The van der Waals surface area contributed by atoms with Crippen LogP contribution in [0.3, 0.4) is 0 Å². The summed E-state index contributed by atoms with van der Waals surface area (Å²) >= 11 is 7.27. The summed E-state index contributed by atoms with van der Waals surface area (Å²) in [5.41, 5.74) is 0. The summed E-state index contributed by atoms with van der Waals surface area (Å²) in [6, 6.07) is 0. The Morgan fingerprint density at radius 2 is 1.20 bits per heavy atom. The van der Waals surface area contributed by atoms with Crippen LogP contribution < -0.4 is 0 Å². The number of hydrogen-bond donors (Lipinski definition) is 0. The SMILES string of the molecule is Br[C@@H]1[C@H](Br)[C@H]2C=CC=C[C@H]12. The molecule has 0 aliphatic heterocycles. The first-order valence-corrected chi connectivity index (χ1v) is 5.27. The molecule has 0 unspecified atom stereocenters. The number of halogens is 2. The Bertz CT molecular complexity index is 173. The van der Waals surface area contributed by atoms with Crippen LogP contribution in [0, 0.1) is 11.8 Å². The minimum absolute atomic E-state index is 0.638. The van der Waals surface area contributed by atoms with Gasteiger partial charge in [-0.3, -0.25) is 0 Å². The zero-order chi connectivity index (χ0) is 7.14. The lowest BCUT2D eigenvalue weighted by Gasteiger charge is -2.45. The summed E-state index contributed by atoms with van der Waals surface area (Å²) in [5, 5.41) is 0. The minimum Gasteiger partial charge on any atom is -0.0872 e. The van der Waals surface area contributed by atoms with Crippen molar-refractivity contribution in [2.24, 2.45) is 11.8 Å². The van der Waals surface area contributed by atoms with E-state index in [0.29, 0.717) is 9.65 Å². The van der Waals surface area contributed by atoms with Crippen LogP contribution in [-0.4, -0.2) is 9.65 Å². The maximum atomic E-state index is 3.64. The molecule has 0 aromatic heterocycles. The zero-order valence-electron chi connectivity index (χ0n) is 5.37. The van der Waals surface area contributed by atoms with Gasteiger partial charge in [0.25, 0.3) is 0 Å². The summed E-state index contributed by atoms with van der Waals surface area (Å²) in [6.45, 7) is 0. The average Bonchev–Trinajstić information content (AvgIpc) is 2.03. The van der Waals surface area contributed by atoms with Crippen LogP contribution in [0.4, 0.5) is 0 Å². The largest absolute Gasteiger partial charge is 0.0872 e. The maximum absolute atomic E-state index is 3.64. The lowest BCUT2D eigenvalue weighted by Crippen LogP contribution is -2.47. The molecule has 0 saturated heterocycles. The van der Waals surface area contributed by atoms with Crippen LogP contribution in [0.1, 0.15) is 0 Å². The third-order valence-corrected chi connectivity index (χ3v) is 5.33. The molecule has 0 nitrogen and oxygen atoms in total. The van der Waals surface area contributed by atoms with Crippen molar-refractivity contribution in [1.29, 1.82) is 0 Å². The quantitative estimate of drug-likeness (QED) is 0.590. The molecule has 1 saturated carbocycles. The first-order valence-electron chi connectivity index (χ1n) is 3.44. The van der Waals surface area contributed by atoms with E-state index in [-0.39, 0.29) is 0 Å². The molecular weight excluding hydrogens is 256 g/mol. The predicted molar refractivity (Wildman–Crippen MR) is 50.7 cm³/mol. The van der Waals surface area contributed by atoms with Gasteiger partial charge in [0.2, 0.25) is 0 Å². The van der Waals surface area contributed by atoms with Gasteiger partial charge in [0.15, 0.2) is 0 Å². The fourth-order valence-electron chi connectivity index (χ4n) is 1.56. The Hall–Kier alpha value is 0.440. The van der Waals surface area contributed by atoms with E-state index in [0.717, 1.165) is 11.8 Å². The Kier molecular flexibility index (Phi) is 1.77. The second-order valence-electron chi connectivity index (χ2n) is 2.81. The Balaban J connectivity index is 2.17. The molecule has 2 aliphatic carbocycles. The summed E-state index contributed by atoms with van der Waals surface area (Å²) in [7, 11) is 0. The van der Waals surface area contributed by atoms with Gasteiger partial charge in [0.05, 0.1) is 0 Å². The lowest BCUT2D eigenvalue weighted by atomic mass is 9.71. The number of rotatable bonds is 0. The van der Waals surface area contributed by atoms with Gasteiger partial charge in [-0.25, -0.2) is 0 Å². The van der Waals surface area contributed by atoms with E-state index in [1.165, 1.54) is 0 Å². The summed E-state index contributed by atoms with van der Waals surface area (Å²) in [6.07, 6.45) is 8.83. The van der Waals surface area contributed by atoms with Crippen molar-refractivity contribution < 1.29 is 0 Å². The zero-order valence-corrected chi connectivity index (χ0v) is 8.55. The number of fused-ring (bicyclic) bond motifs is 1. The van der Waals surface area contributed by atoms with Gasteiger partial charge in [-0.05, 0) is 11.8 Å². The minimum atomic E-state index is 0.638. The van der Waals surface area contributed by atoms with Gasteiger partial charge in [-0.1, -0.05) is 56.2 Å². The third kappa shape index (κ3) is 0.850. The molecule has 10 heavy (non-hydrogen) atoms. The van der Waals surface area contributed by atoms with E-state index in [9.17, 15) is 0 Å². The van der Waals surface area contributed by atoms with Gasteiger partial charge in [-0.15, -0.1) is 0 Å². The molecule has 0 heterocycles. The molecule has 2 rings (SSSR count).